The van der Waals surface area contributed by atoms with E-state index in [0.717, 1.165) is 16.8 Å². The van der Waals surface area contributed by atoms with Gasteiger partial charge in [-0.3, -0.25) is 19.1 Å². The highest BCUT2D eigenvalue weighted by atomic mass is 35.5. The highest BCUT2D eigenvalue weighted by Gasteiger charge is 2.30. The number of aromatic nitrogens is 3. The van der Waals surface area contributed by atoms with Crippen LogP contribution in [0.15, 0.2) is 71.7 Å². The van der Waals surface area contributed by atoms with E-state index >= 15 is 0 Å². The molecular weight excluding hydrogens is 571 g/mol. The topological polar surface area (TPSA) is 151 Å². The number of benzene rings is 3. The van der Waals surface area contributed by atoms with Gasteiger partial charge in [-0.05, 0) is 61.8 Å². The Morgan fingerprint density at radius 1 is 1.02 bits per heavy atom. The molecule has 1 atom stereocenters. The Labute approximate surface area is 253 Å². The Kier molecular flexibility index (Phi) is 9.20. The molecule has 13 heteroatoms. The summed E-state index contributed by atoms with van der Waals surface area (Å²) in [7, 11) is -1.59. The molecule has 43 heavy (non-hydrogen) atoms. The SMILES string of the molecule is CCNC(=O)C[C@@H]1N=C(c2ccc(Cl)cc2)c2cc(OCCNC(=O)c3ccc(B(O)O)cc3)ccc2-n2c(C)nnc21. The van der Waals surface area contributed by atoms with Crippen molar-refractivity contribution in [2.24, 2.45) is 4.99 Å². The maximum absolute atomic E-state index is 12.7. The number of halogens is 1. The molecule has 0 bridgehead atoms. The van der Waals surface area contributed by atoms with Gasteiger partial charge < -0.3 is 25.4 Å². The monoisotopic (exact) mass is 600 g/mol. The van der Waals surface area contributed by atoms with E-state index in [-0.39, 0.29) is 31.4 Å². The molecule has 0 radical (unpaired) electrons. The lowest BCUT2D eigenvalue weighted by atomic mass is 9.80. The van der Waals surface area contributed by atoms with Crippen molar-refractivity contribution in [1.82, 2.24) is 25.4 Å². The average molecular weight is 601 g/mol. The van der Waals surface area contributed by atoms with Crippen LogP contribution < -0.4 is 20.8 Å². The summed E-state index contributed by atoms with van der Waals surface area (Å²) in [6.07, 6.45) is 0.101. The number of nitrogens with zero attached hydrogens (tertiary/aromatic N) is 4. The number of aryl methyl sites for hydroxylation is 1. The standard InChI is InChI=1S/C30H30BClN6O5/c1-3-33-27(39)17-25-29-37-36-18(2)38(29)26-13-12-23(16-24(26)28(35-25)19-6-10-22(32)11-7-19)43-15-14-34-30(40)20-4-8-21(9-5-20)31(41)42/h4-13,16,25,41-42H,3,14-15,17H2,1-2H3,(H,33,39)(H,34,40)/t25-/m0/s1. The van der Waals surface area contributed by atoms with E-state index in [2.05, 4.69) is 20.8 Å². The van der Waals surface area contributed by atoms with Crippen molar-refractivity contribution in [3.8, 4) is 11.4 Å². The molecule has 220 valence electrons. The number of hydrogen-bond acceptors (Lipinski definition) is 8. The van der Waals surface area contributed by atoms with Crippen LogP contribution in [0.5, 0.6) is 5.75 Å². The molecule has 0 unspecified atom stereocenters. The number of fused-ring (bicyclic) bond motifs is 3. The van der Waals surface area contributed by atoms with Gasteiger partial charge in [-0.1, -0.05) is 35.9 Å². The third-order valence-corrected chi connectivity index (χ3v) is 7.15. The fourth-order valence-electron chi connectivity index (χ4n) is 4.83. The van der Waals surface area contributed by atoms with E-state index in [4.69, 9.17) is 21.3 Å². The molecule has 0 aliphatic carbocycles. The summed E-state index contributed by atoms with van der Waals surface area (Å²) in [5, 5.41) is 33.4. The molecule has 0 saturated carbocycles. The second-order valence-corrected chi connectivity index (χ2v) is 10.3. The number of rotatable bonds is 10. The van der Waals surface area contributed by atoms with Crippen molar-refractivity contribution in [2.75, 3.05) is 19.7 Å². The Balaban J connectivity index is 1.41. The number of carbonyl (C=O) groups excluding carboxylic acids is 2. The minimum atomic E-state index is -1.59. The van der Waals surface area contributed by atoms with Gasteiger partial charge in [0.1, 0.15) is 24.2 Å². The van der Waals surface area contributed by atoms with Crippen molar-refractivity contribution in [3.63, 3.8) is 0 Å². The van der Waals surface area contributed by atoms with Crippen LogP contribution >= 0.6 is 11.6 Å². The number of amides is 2. The van der Waals surface area contributed by atoms with Gasteiger partial charge in [0.2, 0.25) is 5.91 Å². The van der Waals surface area contributed by atoms with Crippen molar-refractivity contribution in [3.05, 3.63) is 100 Å². The van der Waals surface area contributed by atoms with E-state index in [0.29, 0.717) is 45.7 Å². The minimum absolute atomic E-state index is 0.101. The van der Waals surface area contributed by atoms with Gasteiger partial charge in [0.25, 0.3) is 5.91 Å². The van der Waals surface area contributed by atoms with Gasteiger partial charge in [0.05, 0.1) is 24.4 Å². The Bertz CT molecular complexity index is 1660. The first-order chi connectivity index (χ1) is 20.7. The lowest BCUT2D eigenvalue weighted by molar-refractivity contribution is -0.121. The zero-order valence-corrected chi connectivity index (χ0v) is 24.4. The summed E-state index contributed by atoms with van der Waals surface area (Å²) in [5.41, 5.74) is 3.71. The average Bonchev–Trinajstić information content (AvgIpc) is 3.32. The number of carbonyl (C=O) groups is 2. The summed E-state index contributed by atoms with van der Waals surface area (Å²) < 4.78 is 7.93. The molecular formula is C30H30BClN6O5. The lowest BCUT2D eigenvalue weighted by Gasteiger charge is -2.15. The second kappa shape index (κ2) is 13.2. The summed E-state index contributed by atoms with van der Waals surface area (Å²) in [4.78, 5) is 30.2. The molecule has 3 aromatic carbocycles. The second-order valence-electron chi connectivity index (χ2n) is 9.88. The van der Waals surface area contributed by atoms with E-state index in [9.17, 15) is 19.6 Å². The molecule has 11 nitrogen and oxygen atoms in total. The first-order valence-corrected chi connectivity index (χ1v) is 14.2. The summed E-state index contributed by atoms with van der Waals surface area (Å²) in [6, 6.07) is 18.4. The maximum Gasteiger partial charge on any atom is 0.488 e. The first-order valence-electron chi connectivity index (χ1n) is 13.8. The summed E-state index contributed by atoms with van der Waals surface area (Å²) >= 11 is 6.18. The number of ether oxygens (including phenoxy) is 1. The smallest absolute Gasteiger partial charge is 0.488 e. The Hall–Kier alpha value is -4.52. The summed E-state index contributed by atoms with van der Waals surface area (Å²) in [6.45, 7) is 4.66. The van der Waals surface area contributed by atoms with Gasteiger partial charge in [0.15, 0.2) is 5.82 Å². The molecule has 5 rings (SSSR count). The van der Waals surface area contributed by atoms with E-state index in [1.54, 1.807) is 12.1 Å². The van der Waals surface area contributed by atoms with Crippen LogP contribution in [0.4, 0.5) is 0 Å². The van der Waals surface area contributed by atoms with E-state index in [1.807, 2.05) is 48.7 Å². The van der Waals surface area contributed by atoms with Crippen molar-refractivity contribution in [1.29, 1.82) is 0 Å². The van der Waals surface area contributed by atoms with Gasteiger partial charge in [-0.2, -0.15) is 0 Å². The molecule has 2 amide bonds. The maximum atomic E-state index is 12.7. The van der Waals surface area contributed by atoms with Crippen LogP contribution in [0.25, 0.3) is 5.69 Å². The van der Waals surface area contributed by atoms with Crippen molar-refractivity contribution in [2.45, 2.75) is 26.3 Å². The zero-order valence-electron chi connectivity index (χ0n) is 23.6. The molecule has 4 aromatic rings. The van der Waals surface area contributed by atoms with Gasteiger partial charge >= 0.3 is 7.12 Å². The molecule has 1 aliphatic heterocycles. The molecule has 1 aromatic heterocycles. The Morgan fingerprint density at radius 3 is 2.47 bits per heavy atom. The predicted molar refractivity (Wildman–Crippen MR) is 163 cm³/mol. The number of hydrogen-bond donors (Lipinski definition) is 4. The van der Waals surface area contributed by atoms with Gasteiger partial charge in [-0.25, -0.2) is 0 Å². The fraction of sp³-hybridized carbons (Fsp3) is 0.233. The quantitative estimate of drug-likeness (QED) is 0.161. The van der Waals surface area contributed by atoms with Gasteiger partial charge in [-0.15, -0.1) is 10.2 Å². The zero-order chi connectivity index (χ0) is 30.5. The molecule has 2 heterocycles. The first kappa shape index (κ1) is 30.0. The highest BCUT2D eigenvalue weighted by molar-refractivity contribution is 6.58. The molecule has 1 aliphatic rings. The third-order valence-electron chi connectivity index (χ3n) is 6.89. The fourth-order valence-corrected chi connectivity index (χ4v) is 4.95. The largest absolute Gasteiger partial charge is 0.492 e. The van der Waals surface area contributed by atoms with Crippen LogP contribution in [0.1, 0.15) is 52.5 Å². The molecule has 0 spiro atoms. The van der Waals surface area contributed by atoms with Crippen LogP contribution in [-0.2, 0) is 4.79 Å². The number of nitrogens with one attached hydrogen (secondary N) is 2. The highest BCUT2D eigenvalue weighted by Crippen LogP contribution is 2.34. The summed E-state index contributed by atoms with van der Waals surface area (Å²) in [5.74, 6) is 1.33. The number of aliphatic imine (C=N–C) groups is 1. The Morgan fingerprint density at radius 2 is 1.77 bits per heavy atom. The minimum Gasteiger partial charge on any atom is -0.492 e. The lowest BCUT2D eigenvalue weighted by Crippen LogP contribution is -2.31. The third kappa shape index (κ3) is 6.77. The van der Waals surface area contributed by atoms with Gasteiger partial charge in [0, 0.05) is 28.3 Å². The normalized spacial score (nSPS) is 13.7. The van der Waals surface area contributed by atoms with Crippen LogP contribution in [0.3, 0.4) is 0 Å². The van der Waals surface area contributed by atoms with E-state index < -0.39 is 13.2 Å². The van der Waals surface area contributed by atoms with Crippen LogP contribution in [0, 0.1) is 6.92 Å². The predicted octanol–water partition coefficient (Wildman–Crippen LogP) is 2.14. The van der Waals surface area contributed by atoms with Crippen molar-refractivity contribution >= 4 is 41.7 Å². The van der Waals surface area contributed by atoms with Crippen LogP contribution in [-0.4, -0.2) is 69.2 Å². The molecule has 0 saturated heterocycles. The van der Waals surface area contributed by atoms with Crippen molar-refractivity contribution < 1.29 is 24.4 Å². The molecule has 4 N–H and O–H groups in total. The van der Waals surface area contributed by atoms with E-state index in [1.165, 1.54) is 24.3 Å². The van der Waals surface area contributed by atoms with Crippen LogP contribution in [0.2, 0.25) is 5.02 Å². The molecule has 0 fully saturated rings.